The normalized spacial score (nSPS) is 10.4. The number of amides is 1. The maximum Gasteiger partial charge on any atom is 0.284 e. The quantitative estimate of drug-likeness (QED) is 0.462. The Balaban J connectivity index is 1.90. The fourth-order valence-electron chi connectivity index (χ4n) is 1.53. The molecule has 2 aromatic rings. The second-order valence-corrected chi connectivity index (χ2v) is 4.63. The standard InChI is InChI=1S/C15H12FN3O2S/c16-11-5-7-12(8-6-11)18-14(21)15(22)19-17-9-10-3-1-2-4-13(10)20/h1-9,20H,(H,18,21)(H,19,22). The van der Waals surface area contributed by atoms with Crippen molar-refractivity contribution in [2.45, 2.75) is 0 Å². The molecule has 1 amide bonds. The van der Waals surface area contributed by atoms with Gasteiger partial charge in [0.15, 0.2) is 4.99 Å². The Hall–Kier alpha value is -2.80. The molecule has 7 heteroatoms. The van der Waals surface area contributed by atoms with Crippen molar-refractivity contribution in [2.24, 2.45) is 5.10 Å². The van der Waals surface area contributed by atoms with Crippen LogP contribution in [0.5, 0.6) is 5.75 Å². The van der Waals surface area contributed by atoms with E-state index in [-0.39, 0.29) is 10.7 Å². The van der Waals surface area contributed by atoms with Crippen molar-refractivity contribution >= 4 is 35.0 Å². The molecule has 0 saturated carbocycles. The van der Waals surface area contributed by atoms with E-state index in [9.17, 15) is 14.3 Å². The molecule has 0 heterocycles. The van der Waals surface area contributed by atoms with Crippen LogP contribution >= 0.6 is 12.2 Å². The van der Waals surface area contributed by atoms with Crippen LogP contribution in [0, 0.1) is 5.82 Å². The number of benzene rings is 2. The highest BCUT2D eigenvalue weighted by atomic mass is 32.1. The number of rotatable bonds is 3. The number of nitrogens with zero attached hydrogens (tertiary/aromatic N) is 1. The Morgan fingerprint density at radius 3 is 2.55 bits per heavy atom. The fraction of sp³-hybridized carbons (Fsp3) is 0. The number of phenols is 1. The number of aromatic hydroxyl groups is 1. The van der Waals surface area contributed by atoms with E-state index in [1.807, 2.05) is 0 Å². The van der Waals surface area contributed by atoms with Gasteiger partial charge in [-0.25, -0.2) is 4.39 Å². The molecule has 0 atom stereocenters. The van der Waals surface area contributed by atoms with Gasteiger partial charge < -0.3 is 10.4 Å². The van der Waals surface area contributed by atoms with Crippen LogP contribution in [-0.2, 0) is 4.79 Å². The number of carbonyl (C=O) groups excluding carboxylic acids is 1. The molecular weight excluding hydrogens is 305 g/mol. The number of para-hydroxylation sites is 1. The van der Waals surface area contributed by atoms with Gasteiger partial charge >= 0.3 is 0 Å². The van der Waals surface area contributed by atoms with E-state index in [0.717, 1.165) is 0 Å². The summed E-state index contributed by atoms with van der Waals surface area (Å²) in [5, 5.41) is 15.8. The van der Waals surface area contributed by atoms with E-state index in [1.165, 1.54) is 36.5 Å². The Kier molecular flexibility index (Phi) is 5.16. The van der Waals surface area contributed by atoms with E-state index in [0.29, 0.717) is 11.3 Å². The third-order valence-corrected chi connectivity index (χ3v) is 2.89. The maximum atomic E-state index is 12.8. The van der Waals surface area contributed by atoms with Crippen molar-refractivity contribution in [2.75, 3.05) is 5.32 Å². The topological polar surface area (TPSA) is 73.7 Å². The molecule has 2 rings (SSSR count). The second kappa shape index (κ2) is 7.28. The molecular formula is C15H12FN3O2S. The maximum absolute atomic E-state index is 12.8. The minimum absolute atomic E-state index is 0.0646. The Bertz CT molecular complexity index is 717. The first kappa shape index (κ1) is 15.6. The van der Waals surface area contributed by atoms with Crippen LogP contribution in [0.4, 0.5) is 10.1 Å². The summed E-state index contributed by atoms with van der Waals surface area (Å²) < 4.78 is 12.8. The number of carbonyl (C=O) groups is 1. The van der Waals surface area contributed by atoms with Crippen LogP contribution in [0.1, 0.15) is 5.56 Å². The van der Waals surface area contributed by atoms with Crippen molar-refractivity contribution in [1.82, 2.24) is 5.43 Å². The molecule has 2 aromatic carbocycles. The molecule has 0 unspecified atom stereocenters. The summed E-state index contributed by atoms with van der Waals surface area (Å²) in [5.74, 6) is -0.906. The van der Waals surface area contributed by atoms with E-state index in [4.69, 9.17) is 12.2 Å². The van der Waals surface area contributed by atoms with Crippen LogP contribution in [-0.4, -0.2) is 22.2 Å². The van der Waals surface area contributed by atoms with E-state index in [1.54, 1.807) is 18.2 Å². The van der Waals surface area contributed by atoms with Crippen molar-refractivity contribution in [1.29, 1.82) is 0 Å². The third kappa shape index (κ3) is 4.35. The van der Waals surface area contributed by atoms with Gasteiger partial charge in [-0.05, 0) is 36.4 Å². The lowest BCUT2D eigenvalue weighted by molar-refractivity contribution is -0.110. The monoisotopic (exact) mass is 317 g/mol. The molecule has 0 saturated heterocycles. The van der Waals surface area contributed by atoms with Gasteiger partial charge in [-0.15, -0.1) is 0 Å². The first-order chi connectivity index (χ1) is 10.6. The third-order valence-electron chi connectivity index (χ3n) is 2.61. The molecule has 112 valence electrons. The first-order valence-corrected chi connectivity index (χ1v) is 6.65. The minimum Gasteiger partial charge on any atom is -0.507 e. The fourth-order valence-corrected chi connectivity index (χ4v) is 1.63. The zero-order chi connectivity index (χ0) is 15.9. The number of anilines is 1. The summed E-state index contributed by atoms with van der Waals surface area (Å²) >= 11 is 4.88. The number of phenolic OH excluding ortho intramolecular Hbond substituents is 1. The van der Waals surface area contributed by atoms with Crippen molar-refractivity contribution < 1.29 is 14.3 Å². The summed E-state index contributed by atoms with van der Waals surface area (Å²) in [6.07, 6.45) is 1.34. The van der Waals surface area contributed by atoms with Crippen molar-refractivity contribution in [3.8, 4) is 5.75 Å². The van der Waals surface area contributed by atoms with Crippen molar-refractivity contribution in [3.63, 3.8) is 0 Å². The predicted molar refractivity (Wildman–Crippen MR) is 86.5 cm³/mol. The van der Waals surface area contributed by atoms with Crippen LogP contribution in [0.2, 0.25) is 0 Å². The van der Waals surface area contributed by atoms with E-state index < -0.39 is 11.7 Å². The molecule has 0 fully saturated rings. The zero-order valence-electron chi connectivity index (χ0n) is 11.3. The SMILES string of the molecule is O=C(Nc1ccc(F)cc1)C(=S)NN=Cc1ccccc1O. The number of hydrazone groups is 1. The summed E-state index contributed by atoms with van der Waals surface area (Å²) in [6, 6.07) is 11.9. The lowest BCUT2D eigenvalue weighted by Crippen LogP contribution is -2.30. The summed E-state index contributed by atoms with van der Waals surface area (Å²) in [6.45, 7) is 0. The lowest BCUT2D eigenvalue weighted by atomic mass is 10.2. The molecule has 22 heavy (non-hydrogen) atoms. The second-order valence-electron chi connectivity index (χ2n) is 4.22. The number of halogens is 1. The van der Waals surface area contributed by atoms with Crippen LogP contribution in [0.3, 0.4) is 0 Å². The van der Waals surface area contributed by atoms with Gasteiger partial charge in [0.25, 0.3) is 5.91 Å². The summed E-state index contributed by atoms with van der Waals surface area (Å²) in [4.78, 5) is 11.6. The molecule has 3 N–H and O–H groups in total. The highest BCUT2D eigenvalue weighted by molar-refractivity contribution is 7.82. The Labute approximate surface area is 131 Å². The predicted octanol–water partition coefficient (Wildman–Crippen LogP) is 2.42. The van der Waals surface area contributed by atoms with Crippen LogP contribution in [0.25, 0.3) is 0 Å². The Morgan fingerprint density at radius 1 is 1.18 bits per heavy atom. The van der Waals surface area contributed by atoms with Gasteiger partial charge in [-0.3, -0.25) is 10.2 Å². The molecule has 0 aliphatic rings. The van der Waals surface area contributed by atoms with Gasteiger partial charge in [0, 0.05) is 11.3 Å². The Morgan fingerprint density at radius 2 is 1.86 bits per heavy atom. The highest BCUT2D eigenvalue weighted by Gasteiger charge is 2.08. The summed E-state index contributed by atoms with van der Waals surface area (Å²) in [5.41, 5.74) is 3.29. The number of thiocarbonyl (C=S) groups is 1. The van der Waals surface area contributed by atoms with Gasteiger partial charge in [-0.1, -0.05) is 24.4 Å². The molecule has 0 radical (unpaired) electrons. The molecule has 0 aromatic heterocycles. The van der Waals surface area contributed by atoms with Crippen molar-refractivity contribution in [3.05, 3.63) is 59.9 Å². The van der Waals surface area contributed by atoms with Crippen LogP contribution in [0.15, 0.2) is 53.6 Å². The molecule has 5 nitrogen and oxygen atoms in total. The molecule has 0 bridgehead atoms. The number of hydrogen-bond acceptors (Lipinski definition) is 4. The first-order valence-electron chi connectivity index (χ1n) is 6.24. The average Bonchev–Trinajstić information content (AvgIpc) is 2.51. The van der Waals surface area contributed by atoms with Crippen LogP contribution < -0.4 is 10.7 Å². The largest absolute Gasteiger partial charge is 0.507 e. The lowest BCUT2D eigenvalue weighted by Gasteiger charge is -2.05. The minimum atomic E-state index is -0.573. The molecule has 0 aliphatic heterocycles. The van der Waals surface area contributed by atoms with Gasteiger partial charge in [0.05, 0.1) is 6.21 Å². The van der Waals surface area contributed by atoms with Gasteiger partial charge in [0.2, 0.25) is 0 Å². The number of nitrogens with one attached hydrogen (secondary N) is 2. The summed E-state index contributed by atoms with van der Waals surface area (Å²) in [7, 11) is 0. The number of hydrogen-bond donors (Lipinski definition) is 3. The highest BCUT2D eigenvalue weighted by Crippen LogP contribution is 2.12. The van der Waals surface area contributed by atoms with E-state index >= 15 is 0 Å². The van der Waals surface area contributed by atoms with Gasteiger partial charge in [-0.2, -0.15) is 5.10 Å². The van der Waals surface area contributed by atoms with Gasteiger partial charge in [0.1, 0.15) is 11.6 Å². The average molecular weight is 317 g/mol. The smallest absolute Gasteiger partial charge is 0.284 e. The zero-order valence-corrected chi connectivity index (χ0v) is 12.1. The molecule has 0 spiro atoms. The van der Waals surface area contributed by atoms with E-state index in [2.05, 4.69) is 15.8 Å². The molecule has 0 aliphatic carbocycles.